The van der Waals surface area contributed by atoms with Crippen LogP contribution in [0.25, 0.3) is 0 Å². The molecule has 2 aliphatic rings. The van der Waals surface area contributed by atoms with Crippen LogP contribution in [0.5, 0.6) is 5.75 Å². The number of ether oxygens (including phenoxy) is 2. The molecule has 10 heteroatoms. The molecule has 200 valence electrons. The quantitative estimate of drug-likeness (QED) is 0.381. The van der Waals surface area contributed by atoms with Crippen molar-refractivity contribution in [1.82, 2.24) is 4.90 Å². The Bertz CT molecular complexity index is 1090. The van der Waals surface area contributed by atoms with Gasteiger partial charge in [-0.2, -0.15) is 0 Å². The van der Waals surface area contributed by atoms with Gasteiger partial charge in [-0.05, 0) is 76.5 Å². The summed E-state index contributed by atoms with van der Waals surface area (Å²) in [4.78, 5) is 25.9. The molecule has 1 saturated heterocycles. The number of hydrogen-bond acceptors (Lipinski definition) is 6. The predicted molar refractivity (Wildman–Crippen MR) is 135 cm³/mol. The number of likely N-dealkylation sites (tertiary alicyclic amines) is 1. The van der Waals surface area contributed by atoms with E-state index in [-0.39, 0.29) is 58.4 Å². The minimum Gasteiger partial charge on any atom is -0.489 e. The molecule has 1 aromatic carbocycles. The number of piperidine rings is 1. The van der Waals surface area contributed by atoms with Crippen LogP contribution in [0.1, 0.15) is 59.3 Å². The van der Waals surface area contributed by atoms with Crippen molar-refractivity contribution in [3.05, 3.63) is 35.1 Å². The summed E-state index contributed by atoms with van der Waals surface area (Å²) in [6, 6.07) is 4.28. The Hall–Kier alpha value is -2.13. The summed E-state index contributed by atoms with van der Waals surface area (Å²) < 4.78 is 50.1. The summed E-state index contributed by atoms with van der Waals surface area (Å²) in [5.41, 5.74) is -0.349. The van der Waals surface area contributed by atoms with Crippen LogP contribution >= 0.6 is 11.6 Å². The van der Waals surface area contributed by atoms with Crippen LogP contribution in [0.2, 0.25) is 5.02 Å². The highest BCUT2D eigenvalue weighted by atomic mass is 35.5. The van der Waals surface area contributed by atoms with Crippen molar-refractivity contribution in [2.24, 2.45) is 11.8 Å². The first-order valence-corrected chi connectivity index (χ1v) is 14.3. The zero-order valence-corrected chi connectivity index (χ0v) is 22.7. The van der Waals surface area contributed by atoms with Gasteiger partial charge in [-0.15, -0.1) is 0 Å². The normalized spacial score (nSPS) is 17.7. The number of esters is 1. The van der Waals surface area contributed by atoms with Crippen molar-refractivity contribution in [3.8, 4) is 5.75 Å². The third-order valence-electron chi connectivity index (χ3n) is 6.20. The molecule has 0 bridgehead atoms. The molecule has 1 aliphatic carbocycles. The second-order valence-corrected chi connectivity index (χ2v) is 13.0. The summed E-state index contributed by atoms with van der Waals surface area (Å²) in [5.74, 6) is 0.170. The molecule has 0 spiro atoms. The van der Waals surface area contributed by atoms with Gasteiger partial charge in [-0.1, -0.05) is 11.6 Å². The summed E-state index contributed by atoms with van der Waals surface area (Å²) in [7, 11) is -3.63. The first-order chi connectivity index (χ1) is 16.9. The molecular formula is C26H35ClFNO6S. The van der Waals surface area contributed by atoms with Gasteiger partial charge >= 0.3 is 5.97 Å². The van der Waals surface area contributed by atoms with E-state index in [4.69, 9.17) is 21.1 Å². The van der Waals surface area contributed by atoms with Crippen molar-refractivity contribution in [2.45, 2.75) is 69.8 Å². The molecule has 1 amide bonds. The van der Waals surface area contributed by atoms with Gasteiger partial charge in [0.05, 0.1) is 22.0 Å². The molecule has 0 unspecified atom stereocenters. The van der Waals surface area contributed by atoms with Gasteiger partial charge in [0, 0.05) is 31.5 Å². The average Bonchev–Trinajstić information content (AvgIpc) is 3.63. The molecule has 2 fully saturated rings. The second-order valence-electron chi connectivity index (χ2n) is 10.6. The third-order valence-corrected chi connectivity index (χ3v) is 8.56. The maximum absolute atomic E-state index is 13.3. The first-order valence-electron chi connectivity index (χ1n) is 12.3. The monoisotopic (exact) mass is 543 g/mol. The number of rotatable bonds is 10. The van der Waals surface area contributed by atoms with Crippen LogP contribution in [-0.2, 0) is 24.2 Å². The number of carbonyl (C=O) groups excluding carboxylic acids is 2. The van der Waals surface area contributed by atoms with E-state index in [9.17, 15) is 22.4 Å². The van der Waals surface area contributed by atoms with Crippen LogP contribution in [0.4, 0.5) is 4.39 Å². The minimum atomic E-state index is -3.63. The molecule has 1 saturated carbocycles. The van der Waals surface area contributed by atoms with Gasteiger partial charge in [0.15, 0.2) is 9.84 Å². The van der Waals surface area contributed by atoms with E-state index in [0.717, 1.165) is 12.8 Å². The molecule has 3 rings (SSSR count). The molecule has 1 heterocycles. The van der Waals surface area contributed by atoms with Gasteiger partial charge in [0.2, 0.25) is 5.91 Å². The average molecular weight is 544 g/mol. The Morgan fingerprint density at radius 2 is 1.81 bits per heavy atom. The fourth-order valence-corrected chi connectivity index (χ4v) is 6.41. The SMILES string of the molecule is CC(C)(C)OC(=O)CC/C(=C\F)COc1ccc(S(=O)(=O)CC2CCN(C(=O)C3CC3)CC2)c(Cl)c1. The number of sulfone groups is 1. The molecular weight excluding hydrogens is 509 g/mol. The Labute approximate surface area is 217 Å². The number of carbonyl (C=O) groups is 2. The number of amides is 1. The Morgan fingerprint density at radius 1 is 1.14 bits per heavy atom. The van der Waals surface area contributed by atoms with Crippen molar-refractivity contribution in [3.63, 3.8) is 0 Å². The number of hydrogen-bond donors (Lipinski definition) is 0. The topological polar surface area (TPSA) is 90.0 Å². The smallest absolute Gasteiger partial charge is 0.306 e. The van der Waals surface area contributed by atoms with Gasteiger partial charge < -0.3 is 14.4 Å². The number of benzene rings is 1. The largest absolute Gasteiger partial charge is 0.489 e. The van der Waals surface area contributed by atoms with E-state index in [1.165, 1.54) is 18.2 Å². The zero-order chi connectivity index (χ0) is 26.5. The highest BCUT2D eigenvalue weighted by Crippen LogP contribution is 2.34. The molecule has 0 N–H and O–H groups in total. The Balaban J connectivity index is 1.50. The van der Waals surface area contributed by atoms with Gasteiger partial charge in [0.25, 0.3) is 0 Å². The predicted octanol–water partition coefficient (Wildman–Crippen LogP) is 5.12. The van der Waals surface area contributed by atoms with E-state index < -0.39 is 21.4 Å². The lowest BCUT2D eigenvalue weighted by atomic mass is 9.98. The van der Waals surface area contributed by atoms with E-state index >= 15 is 0 Å². The molecule has 1 aromatic rings. The van der Waals surface area contributed by atoms with Crippen molar-refractivity contribution >= 4 is 33.3 Å². The third kappa shape index (κ3) is 8.47. The zero-order valence-electron chi connectivity index (χ0n) is 21.1. The first kappa shape index (κ1) is 28.4. The lowest BCUT2D eigenvalue weighted by Crippen LogP contribution is -2.40. The van der Waals surface area contributed by atoms with Gasteiger partial charge in [0.1, 0.15) is 18.0 Å². The maximum Gasteiger partial charge on any atom is 0.306 e. The summed E-state index contributed by atoms with van der Waals surface area (Å²) in [6.45, 7) is 6.35. The minimum absolute atomic E-state index is 0.0159. The molecule has 0 aromatic heterocycles. The lowest BCUT2D eigenvalue weighted by molar-refractivity contribution is -0.154. The van der Waals surface area contributed by atoms with Crippen molar-refractivity contribution < 1.29 is 31.9 Å². The van der Waals surface area contributed by atoms with Crippen LogP contribution in [0.15, 0.2) is 35.0 Å². The highest BCUT2D eigenvalue weighted by Gasteiger charge is 2.35. The van der Waals surface area contributed by atoms with E-state index in [0.29, 0.717) is 38.0 Å². The lowest BCUT2D eigenvalue weighted by Gasteiger charge is -2.32. The fourth-order valence-electron chi connectivity index (χ4n) is 4.12. The maximum atomic E-state index is 13.3. The van der Waals surface area contributed by atoms with E-state index in [1.54, 1.807) is 20.8 Å². The molecule has 0 radical (unpaired) electrons. The number of nitrogens with zero attached hydrogens (tertiary/aromatic N) is 1. The van der Waals surface area contributed by atoms with Crippen LogP contribution in [0, 0.1) is 11.8 Å². The van der Waals surface area contributed by atoms with Crippen LogP contribution in [-0.4, -0.2) is 56.2 Å². The molecule has 0 atom stereocenters. The highest BCUT2D eigenvalue weighted by molar-refractivity contribution is 7.91. The Morgan fingerprint density at radius 3 is 2.36 bits per heavy atom. The molecule has 1 aliphatic heterocycles. The Kier molecular flexibility index (Phi) is 9.44. The van der Waals surface area contributed by atoms with Crippen LogP contribution < -0.4 is 4.74 Å². The van der Waals surface area contributed by atoms with Gasteiger partial charge in [-0.25, -0.2) is 12.8 Å². The summed E-state index contributed by atoms with van der Waals surface area (Å²) in [6.07, 6.45) is 3.77. The van der Waals surface area contributed by atoms with Crippen molar-refractivity contribution in [1.29, 1.82) is 0 Å². The van der Waals surface area contributed by atoms with Gasteiger partial charge in [-0.3, -0.25) is 9.59 Å². The fraction of sp³-hybridized carbons (Fsp3) is 0.615. The van der Waals surface area contributed by atoms with Crippen molar-refractivity contribution in [2.75, 3.05) is 25.4 Å². The number of halogens is 2. The molecule has 36 heavy (non-hydrogen) atoms. The summed E-state index contributed by atoms with van der Waals surface area (Å²) >= 11 is 6.29. The summed E-state index contributed by atoms with van der Waals surface area (Å²) in [5, 5.41) is 0.0355. The van der Waals surface area contributed by atoms with E-state index in [1.807, 2.05) is 4.90 Å². The van der Waals surface area contributed by atoms with E-state index in [2.05, 4.69) is 0 Å². The molecule has 7 nitrogen and oxygen atoms in total. The van der Waals surface area contributed by atoms with Crippen LogP contribution in [0.3, 0.4) is 0 Å². The standard InChI is InChI=1S/C26H35ClFNO6S/c1-26(2,3)35-24(30)9-4-19(15-28)16-34-21-7-8-23(22(27)14-21)36(32,33)17-18-10-12-29(13-11-18)25(31)20-5-6-20/h7-8,14-15,18,20H,4-6,9-13,16-17H2,1-3H3/b19-15+. The second kappa shape index (κ2) is 11.9.